The fraction of sp³-hybridized carbons (Fsp3) is 0.333. The van der Waals surface area contributed by atoms with Gasteiger partial charge in [0.05, 0.1) is 20.3 Å². The molecule has 5 heteroatoms. The first-order chi connectivity index (χ1) is 9.71. The van der Waals surface area contributed by atoms with E-state index >= 15 is 0 Å². The van der Waals surface area contributed by atoms with E-state index in [1.165, 1.54) is 5.56 Å². The number of halogens is 1. The number of ether oxygens (including phenoxy) is 2. The van der Waals surface area contributed by atoms with E-state index in [9.17, 15) is 0 Å². The highest BCUT2D eigenvalue weighted by atomic mass is 79.9. The largest absolute Gasteiger partial charge is 0.493 e. The van der Waals surface area contributed by atoms with Crippen LogP contribution < -0.4 is 14.8 Å². The van der Waals surface area contributed by atoms with Crippen molar-refractivity contribution in [3.05, 3.63) is 44.6 Å². The Morgan fingerprint density at radius 1 is 1.25 bits per heavy atom. The maximum absolute atomic E-state index is 5.41. The average Bonchev–Trinajstić information content (AvgIpc) is 2.98. The highest BCUT2D eigenvalue weighted by Crippen LogP contribution is 2.38. The van der Waals surface area contributed by atoms with E-state index in [0.29, 0.717) is 0 Å². The van der Waals surface area contributed by atoms with Crippen LogP contribution >= 0.6 is 27.3 Å². The minimum Gasteiger partial charge on any atom is -0.493 e. The van der Waals surface area contributed by atoms with Crippen LogP contribution in [0.5, 0.6) is 11.5 Å². The molecule has 1 N–H and O–H groups in total. The summed E-state index contributed by atoms with van der Waals surface area (Å²) in [5.74, 6) is 1.47. The molecule has 0 amide bonds. The Hall–Kier alpha value is -1.04. The van der Waals surface area contributed by atoms with E-state index in [0.717, 1.165) is 28.1 Å². The molecule has 108 valence electrons. The van der Waals surface area contributed by atoms with Gasteiger partial charge in [-0.1, -0.05) is 22.9 Å². The van der Waals surface area contributed by atoms with Crippen molar-refractivity contribution in [3.8, 4) is 11.5 Å². The van der Waals surface area contributed by atoms with Crippen LogP contribution in [-0.2, 0) is 0 Å². The summed E-state index contributed by atoms with van der Waals surface area (Å²) >= 11 is 5.34. The van der Waals surface area contributed by atoms with E-state index in [2.05, 4.69) is 45.0 Å². The standard InChI is InChI=1S/C15H18BrNO2S/c1-4-17-15(10-5-6-20-9-10)11-7-13(18-2)14(19-3)8-12(11)16/h5-9,15,17H,4H2,1-3H3. The topological polar surface area (TPSA) is 30.5 Å². The zero-order valence-corrected chi connectivity index (χ0v) is 14.2. The molecule has 1 heterocycles. The molecule has 0 saturated carbocycles. The summed E-state index contributed by atoms with van der Waals surface area (Å²) in [6.07, 6.45) is 0. The molecular formula is C15H18BrNO2S. The summed E-state index contributed by atoms with van der Waals surface area (Å²) < 4.78 is 11.7. The van der Waals surface area contributed by atoms with Gasteiger partial charge >= 0.3 is 0 Å². The Balaban J connectivity index is 2.48. The summed E-state index contributed by atoms with van der Waals surface area (Å²) in [5, 5.41) is 7.77. The molecule has 0 radical (unpaired) electrons. The second-order valence-corrected chi connectivity index (χ2v) is 5.91. The molecule has 0 spiro atoms. The summed E-state index contributed by atoms with van der Waals surface area (Å²) in [6.45, 7) is 3.00. The van der Waals surface area contributed by atoms with Crippen LogP contribution in [0.2, 0.25) is 0 Å². The maximum atomic E-state index is 5.41. The fourth-order valence-corrected chi connectivity index (χ4v) is 3.38. The number of benzene rings is 1. The highest BCUT2D eigenvalue weighted by molar-refractivity contribution is 9.10. The number of nitrogens with one attached hydrogen (secondary N) is 1. The molecule has 1 aromatic carbocycles. The Bertz CT molecular complexity index is 557. The smallest absolute Gasteiger partial charge is 0.161 e. The van der Waals surface area contributed by atoms with Gasteiger partial charge in [-0.2, -0.15) is 11.3 Å². The van der Waals surface area contributed by atoms with E-state index < -0.39 is 0 Å². The minimum absolute atomic E-state index is 0.139. The highest BCUT2D eigenvalue weighted by Gasteiger charge is 2.19. The van der Waals surface area contributed by atoms with Crippen LogP contribution in [0, 0.1) is 0 Å². The molecule has 1 aromatic heterocycles. The molecule has 3 nitrogen and oxygen atoms in total. The van der Waals surface area contributed by atoms with Crippen molar-refractivity contribution in [1.29, 1.82) is 0 Å². The van der Waals surface area contributed by atoms with Gasteiger partial charge in [0.1, 0.15) is 0 Å². The van der Waals surface area contributed by atoms with Crippen molar-refractivity contribution < 1.29 is 9.47 Å². The SMILES string of the molecule is CCNC(c1ccsc1)c1cc(OC)c(OC)cc1Br. The molecule has 0 bridgehead atoms. The van der Waals surface area contributed by atoms with Crippen LogP contribution in [0.15, 0.2) is 33.4 Å². The molecule has 0 saturated heterocycles. The van der Waals surface area contributed by atoms with Crippen molar-refractivity contribution in [3.63, 3.8) is 0 Å². The fourth-order valence-electron chi connectivity index (χ4n) is 2.14. The zero-order valence-electron chi connectivity index (χ0n) is 11.8. The van der Waals surface area contributed by atoms with Gasteiger partial charge in [0.2, 0.25) is 0 Å². The predicted molar refractivity (Wildman–Crippen MR) is 87.1 cm³/mol. The molecule has 0 aliphatic heterocycles. The van der Waals surface area contributed by atoms with Gasteiger partial charge in [0.15, 0.2) is 11.5 Å². The lowest BCUT2D eigenvalue weighted by molar-refractivity contribution is 0.354. The normalized spacial score (nSPS) is 12.2. The third kappa shape index (κ3) is 3.16. The van der Waals surface area contributed by atoms with Gasteiger partial charge in [-0.25, -0.2) is 0 Å². The quantitative estimate of drug-likeness (QED) is 0.840. The Morgan fingerprint density at radius 3 is 2.50 bits per heavy atom. The van der Waals surface area contributed by atoms with Crippen LogP contribution in [-0.4, -0.2) is 20.8 Å². The summed E-state index contributed by atoms with van der Waals surface area (Å²) in [7, 11) is 3.30. The number of rotatable bonds is 6. The summed E-state index contributed by atoms with van der Waals surface area (Å²) in [5.41, 5.74) is 2.40. The van der Waals surface area contributed by atoms with Crippen LogP contribution in [0.4, 0.5) is 0 Å². The van der Waals surface area contributed by atoms with Crippen LogP contribution in [0.25, 0.3) is 0 Å². The van der Waals surface area contributed by atoms with Gasteiger partial charge in [-0.15, -0.1) is 0 Å². The third-order valence-corrected chi connectivity index (χ3v) is 4.49. The maximum Gasteiger partial charge on any atom is 0.161 e. The van der Waals surface area contributed by atoms with Crippen LogP contribution in [0.1, 0.15) is 24.1 Å². The third-order valence-electron chi connectivity index (χ3n) is 3.10. The molecule has 20 heavy (non-hydrogen) atoms. The molecule has 0 aliphatic rings. The average molecular weight is 356 g/mol. The first-order valence-electron chi connectivity index (χ1n) is 6.38. The van der Waals surface area contributed by atoms with Crippen molar-refractivity contribution in [2.75, 3.05) is 20.8 Å². The molecule has 2 aromatic rings. The molecular weight excluding hydrogens is 338 g/mol. The monoisotopic (exact) mass is 355 g/mol. The first kappa shape index (κ1) is 15.4. The van der Waals surface area contributed by atoms with E-state index in [1.807, 2.05) is 12.1 Å². The first-order valence-corrected chi connectivity index (χ1v) is 8.11. The minimum atomic E-state index is 0.139. The Labute approximate surface area is 132 Å². The lowest BCUT2D eigenvalue weighted by atomic mass is 10.0. The Morgan fingerprint density at radius 2 is 1.95 bits per heavy atom. The van der Waals surface area contributed by atoms with Crippen molar-refractivity contribution in [1.82, 2.24) is 5.32 Å². The molecule has 1 atom stereocenters. The number of methoxy groups -OCH3 is 2. The van der Waals surface area contributed by atoms with Gasteiger partial charge in [0.25, 0.3) is 0 Å². The van der Waals surface area contributed by atoms with E-state index in [4.69, 9.17) is 9.47 Å². The van der Waals surface area contributed by atoms with Crippen LogP contribution in [0.3, 0.4) is 0 Å². The molecule has 1 unspecified atom stereocenters. The molecule has 0 aliphatic carbocycles. The van der Waals surface area contributed by atoms with Crippen molar-refractivity contribution in [2.45, 2.75) is 13.0 Å². The van der Waals surface area contributed by atoms with Gasteiger partial charge in [-0.3, -0.25) is 0 Å². The van der Waals surface area contributed by atoms with E-state index in [1.54, 1.807) is 25.6 Å². The van der Waals surface area contributed by atoms with Gasteiger partial charge in [0, 0.05) is 4.47 Å². The Kier molecular flexibility index (Phi) is 5.46. The second kappa shape index (κ2) is 7.11. The van der Waals surface area contributed by atoms with Crippen molar-refractivity contribution in [2.24, 2.45) is 0 Å². The molecule has 0 fully saturated rings. The number of thiophene rings is 1. The second-order valence-electron chi connectivity index (χ2n) is 4.28. The lowest BCUT2D eigenvalue weighted by Crippen LogP contribution is -2.22. The summed E-state index contributed by atoms with van der Waals surface area (Å²) in [4.78, 5) is 0. The lowest BCUT2D eigenvalue weighted by Gasteiger charge is -2.20. The van der Waals surface area contributed by atoms with Gasteiger partial charge < -0.3 is 14.8 Å². The van der Waals surface area contributed by atoms with E-state index in [-0.39, 0.29) is 6.04 Å². The predicted octanol–water partition coefficient (Wildman–Crippen LogP) is 4.23. The molecule has 2 rings (SSSR count). The van der Waals surface area contributed by atoms with Crippen molar-refractivity contribution >= 4 is 27.3 Å². The van der Waals surface area contributed by atoms with Gasteiger partial charge in [-0.05, 0) is 46.6 Å². The number of hydrogen-bond acceptors (Lipinski definition) is 4. The zero-order chi connectivity index (χ0) is 14.5. The number of hydrogen-bond donors (Lipinski definition) is 1. The summed E-state index contributed by atoms with van der Waals surface area (Å²) in [6, 6.07) is 6.25.